The number of carbonyl (C=O) groups is 1. The van der Waals surface area contributed by atoms with Crippen molar-refractivity contribution in [1.29, 1.82) is 0 Å². The molecule has 0 aromatic heterocycles. The summed E-state index contributed by atoms with van der Waals surface area (Å²) in [5, 5.41) is 1.12. The summed E-state index contributed by atoms with van der Waals surface area (Å²) in [4.78, 5) is 14.0. The number of alkyl halides is 1. The molecule has 0 amide bonds. The van der Waals surface area contributed by atoms with E-state index in [1.165, 1.54) is 32.9 Å². The minimum Gasteiger partial charge on any atom is -0.469 e. The Hall–Kier alpha value is -0.0900. The lowest BCUT2D eigenvalue weighted by atomic mass is 9.70. The minimum atomic E-state index is -0.0245. The van der Waals surface area contributed by atoms with Crippen molar-refractivity contribution in [1.82, 2.24) is 4.90 Å². The van der Waals surface area contributed by atoms with Crippen LogP contribution in [0.15, 0.2) is 0 Å². The number of halogens is 1. The summed E-state index contributed by atoms with van der Waals surface area (Å²) in [5.74, 6) is 0.112. The van der Waals surface area contributed by atoms with Crippen LogP contribution in [-0.4, -0.2) is 42.9 Å². The van der Waals surface area contributed by atoms with Gasteiger partial charge in [-0.05, 0) is 44.2 Å². The van der Waals surface area contributed by atoms with Crippen LogP contribution in [0.2, 0.25) is 0 Å². The van der Waals surface area contributed by atoms with Crippen molar-refractivity contribution < 1.29 is 9.53 Å². The number of piperidine rings is 1. The molecule has 0 aromatic rings. The number of hydrogen-bond acceptors (Lipinski definition) is 3. The average molecular weight is 304 g/mol. The van der Waals surface area contributed by atoms with Crippen molar-refractivity contribution in [3.8, 4) is 0 Å². The van der Waals surface area contributed by atoms with E-state index in [1.54, 1.807) is 0 Å². The molecule has 0 atom stereocenters. The van der Waals surface area contributed by atoms with E-state index in [0.29, 0.717) is 5.41 Å². The Labute approximate surface area is 112 Å². The van der Waals surface area contributed by atoms with E-state index in [2.05, 4.69) is 20.8 Å². The molecular weight excluding hydrogens is 282 g/mol. The van der Waals surface area contributed by atoms with Gasteiger partial charge in [-0.3, -0.25) is 4.79 Å². The fourth-order valence-corrected chi connectivity index (χ4v) is 3.72. The lowest BCUT2D eigenvalue weighted by Gasteiger charge is -2.45. The van der Waals surface area contributed by atoms with Crippen LogP contribution in [-0.2, 0) is 9.53 Å². The van der Waals surface area contributed by atoms with Gasteiger partial charge in [-0.2, -0.15) is 0 Å². The molecular formula is C13H22BrNO2. The molecule has 0 radical (unpaired) electrons. The monoisotopic (exact) mass is 303 g/mol. The number of ether oxygens (including phenoxy) is 1. The highest BCUT2D eigenvalue weighted by Crippen LogP contribution is 2.43. The van der Waals surface area contributed by atoms with E-state index in [1.807, 2.05) is 0 Å². The van der Waals surface area contributed by atoms with Crippen molar-refractivity contribution >= 4 is 21.9 Å². The molecule has 0 unspecified atom stereocenters. The van der Waals surface area contributed by atoms with Crippen molar-refractivity contribution in [3.05, 3.63) is 0 Å². The summed E-state index contributed by atoms with van der Waals surface area (Å²) in [6.45, 7) is 3.30. The first-order valence-electron chi connectivity index (χ1n) is 6.55. The van der Waals surface area contributed by atoms with E-state index in [4.69, 9.17) is 4.74 Å². The molecule has 2 rings (SSSR count). The third-order valence-corrected chi connectivity index (χ3v) is 5.57. The summed E-state index contributed by atoms with van der Waals surface area (Å²) in [7, 11) is 1.49. The quantitative estimate of drug-likeness (QED) is 0.590. The summed E-state index contributed by atoms with van der Waals surface area (Å²) in [5.41, 5.74) is 0.526. The maximum Gasteiger partial charge on any atom is 0.308 e. The molecule has 2 aliphatic rings. The van der Waals surface area contributed by atoms with Gasteiger partial charge in [-0.15, -0.1) is 0 Å². The highest BCUT2D eigenvalue weighted by atomic mass is 79.9. The van der Waals surface area contributed by atoms with Crippen LogP contribution < -0.4 is 0 Å². The lowest BCUT2D eigenvalue weighted by Crippen LogP contribution is -2.47. The molecule has 4 heteroatoms. The lowest BCUT2D eigenvalue weighted by molar-refractivity contribution is -0.147. The molecule has 0 N–H and O–H groups in total. The van der Waals surface area contributed by atoms with E-state index < -0.39 is 0 Å². The molecule has 1 aliphatic carbocycles. The molecule has 0 spiro atoms. The van der Waals surface area contributed by atoms with Crippen LogP contribution in [0.3, 0.4) is 0 Å². The van der Waals surface area contributed by atoms with Crippen LogP contribution >= 0.6 is 15.9 Å². The molecule has 17 heavy (non-hydrogen) atoms. The number of nitrogens with zero attached hydrogens (tertiary/aromatic N) is 1. The summed E-state index contributed by atoms with van der Waals surface area (Å²) in [6, 6.07) is 0. The van der Waals surface area contributed by atoms with Gasteiger partial charge in [0.1, 0.15) is 0 Å². The zero-order chi connectivity index (χ0) is 12.3. The molecule has 98 valence electrons. The van der Waals surface area contributed by atoms with Crippen LogP contribution in [0.4, 0.5) is 0 Å². The first kappa shape index (κ1) is 13.3. The molecule has 0 aromatic carbocycles. The molecule has 2 fully saturated rings. The highest BCUT2D eigenvalue weighted by molar-refractivity contribution is 9.09. The smallest absolute Gasteiger partial charge is 0.308 e. The summed E-state index contributed by atoms with van der Waals surface area (Å²) >= 11 is 3.66. The number of rotatable bonds is 4. The van der Waals surface area contributed by atoms with Gasteiger partial charge in [-0.25, -0.2) is 0 Å². The van der Waals surface area contributed by atoms with E-state index in [-0.39, 0.29) is 11.9 Å². The van der Waals surface area contributed by atoms with E-state index >= 15 is 0 Å². The van der Waals surface area contributed by atoms with Crippen LogP contribution in [0.25, 0.3) is 0 Å². The van der Waals surface area contributed by atoms with Gasteiger partial charge in [0.05, 0.1) is 13.0 Å². The Morgan fingerprint density at radius 1 is 1.41 bits per heavy atom. The molecule has 3 nitrogen and oxygen atoms in total. The molecule has 1 saturated carbocycles. The van der Waals surface area contributed by atoms with Gasteiger partial charge in [0.15, 0.2) is 0 Å². The van der Waals surface area contributed by atoms with Gasteiger partial charge in [0.2, 0.25) is 0 Å². The predicted molar refractivity (Wildman–Crippen MR) is 71.3 cm³/mol. The Bertz CT molecular complexity index is 265. The number of likely N-dealkylation sites (tertiary alicyclic amines) is 1. The van der Waals surface area contributed by atoms with Crippen LogP contribution in [0, 0.1) is 11.3 Å². The standard InChI is InChI=1S/C13H22BrNO2/c1-17-12(16)11-3-7-15(8-4-11)10-13(9-14)5-2-6-13/h11H,2-10H2,1H3. The second-order valence-electron chi connectivity index (χ2n) is 5.56. The number of methoxy groups -OCH3 is 1. The SMILES string of the molecule is COC(=O)C1CCN(CC2(CBr)CCC2)CC1. The Morgan fingerprint density at radius 3 is 2.47 bits per heavy atom. The van der Waals surface area contributed by atoms with Crippen LogP contribution in [0.1, 0.15) is 32.1 Å². The average Bonchev–Trinajstić information content (AvgIpc) is 2.33. The van der Waals surface area contributed by atoms with Crippen molar-refractivity contribution in [3.63, 3.8) is 0 Å². The van der Waals surface area contributed by atoms with E-state index in [9.17, 15) is 4.79 Å². The maximum atomic E-state index is 11.4. The number of carbonyl (C=O) groups excluding carboxylic acids is 1. The third kappa shape index (κ3) is 3.02. The van der Waals surface area contributed by atoms with Crippen LogP contribution in [0.5, 0.6) is 0 Å². The maximum absolute atomic E-state index is 11.4. The normalized spacial score (nSPS) is 25.3. The largest absolute Gasteiger partial charge is 0.469 e. The number of hydrogen-bond donors (Lipinski definition) is 0. The Balaban J connectivity index is 1.77. The third-order valence-electron chi connectivity index (χ3n) is 4.38. The first-order valence-corrected chi connectivity index (χ1v) is 7.67. The Morgan fingerprint density at radius 2 is 2.06 bits per heavy atom. The van der Waals surface area contributed by atoms with Gasteiger partial charge in [-0.1, -0.05) is 22.4 Å². The fraction of sp³-hybridized carbons (Fsp3) is 0.923. The second-order valence-corrected chi connectivity index (χ2v) is 6.12. The minimum absolute atomic E-state index is 0.0245. The highest BCUT2D eigenvalue weighted by Gasteiger charge is 2.38. The zero-order valence-corrected chi connectivity index (χ0v) is 12.2. The molecule has 1 saturated heterocycles. The van der Waals surface area contributed by atoms with Gasteiger partial charge >= 0.3 is 5.97 Å². The topological polar surface area (TPSA) is 29.5 Å². The molecule has 1 aliphatic heterocycles. The van der Waals surface area contributed by atoms with Gasteiger partial charge in [0, 0.05) is 11.9 Å². The van der Waals surface area contributed by atoms with E-state index in [0.717, 1.165) is 31.3 Å². The van der Waals surface area contributed by atoms with Gasteiger partial charge < -0.3 is 9.64 Å². The first-order chi connectivity index (χ1) is 8.19. The van der Waals surface area contributed by atoms with Crippen molar-refractivity contribution in [2.45, 2.75) is 32.1 Å². The number of esters is 1. The molecule has 0 bridgehead atoms. The Kier molecular flexibility index (Phi) is 4.47. The summed E-state index contributed by atoms with van der Waals surface area (Å²) in [6.07, 6.45) is 6.02. The van der Waals surface area contributed by atoms with Gasteiger partial charge in [0.25, 0.3) is 0 Å². The molecule has 1 heterocycles. The van der Waals surface area contributed by atoms with Crippen molar-refractivity contribution in [2.24, 2.45) is 11.3 Å². The fourth-order valence-electron chi connectivity index (χ4n) is 2.98. The summed E-state index contributed by atoms with van der Waals surface area (Å²) < 4.78 is 4.81. The second kappa shape index (κ2) is 5.70. The van der Waals surface area contributed by atoms with Crippen molar-refractivity contribution in [2.75, 3.05) is 32.1 Å². The predicted octanol–water partition coefficient (Wildman–Crippen LogP) is 2.44. The zero-order valence-electron chi connectivity index (χ0n) is 10.6.